The Morgan fingerprint density at radius 2 is 1.60 bits per heavy atom. The number of rotatable bonds is 8. The summed E-state index contributed by atoms with van der Waals surface area (Å²) in [5, 5.41) is 3.21. The van der Waals surface area contributed by atoms with Crippen molar-refractivity contribution in [3.63, 3.8) is 0 Å². The number of nitrogens with one attached hydrogen (secondary N) is 3. The molecule has 3 N–H and O–H groups in total. The van der Waals surface area contributed by atoms with E-state index >= 15 is 0 Å². The number of hydrogen-bond acceptors (Lipinski definition) is 7. The van der Waals surface area contributed by atoms with Crippen LogP contribution in [0.15, 0.2) is 78.9 Å². The fraction of sp³-hybridized carbons (Fsp3) is 0.406. The van der Waals surface area contributed by atoms with Gasteiger partial charge in [-0.15, -0.1) is 0 Å². The summed E-state index contributed by atoms with van der Waals surface area (Å²) in [7, 11) is 2.16. The molecule has 3 aromatic rings. The number of carbonyl (C=O) groups is 1. The summed E-state index contributed by atoms with van der Waals surface area (Å²) in [5.74, 6) is 1.96. The molecule has 1 saturated carbocycles. The lowest BCUT2D eigenvalue weighted by atomic mass is 9.82. The molecular formula is C32H39N5O3. The molecule has 3 aliphatic rings. The summed E-state index contributed by atoms with van der Waals surface area (Å²) in [6, 6.07) is 26.3. The number of likely N-dealkylation sites (N-methyl/N-ethyl adjacent to an activating group) is 1. The van der Waals surface area contributed by atoms with Crippen LogP contribution in [-0.4, -0.2) is 62.3 Å². The molecule has 0 bridgehead atoms. The van der Waals surface area contributed by atoms with Gasteiger partial charge in [-0.1, -0.05) is 30.3 Å². The molecule has 2 heterocycles. The Kier molecular flexibility index (Phi) is 8.18. The largest absolute Gasteiger partial charge is 0.490 e. The quantitative estimate of drug-likeness (QED) is 0.401. The van der Waals surface area contributed by atoms with Crippen LogP contribution in [0.2, 0.25) is 0 Å². The van der Waals surface area contributed by atoms with Crippen molar-refractivity contribution < 1.29 is 14.3 Å². The van der Waals surface area contributed by atoms with E-state index in [4.69, 9.17) is 9.47 Å². The lowest BCUT2D eigenvalue weighted by molar-refractivity contribution is 0.0888. The summed E-state index contributed by atoms with van der Waals surface area (Å²) in [6.45, 7) is 4.70. The first-order valence-corrected chi connectivity index (χ1v) is 14.4. The van der Waals surface area contributed by atoms with Crippen molar-refractivity contribution >= 4 is 11.6 Å². The molecule has 0 spiro atoms. The molecule has 1 amide bonds. The van der Waals surface area contributed by atoms with Crippen LogP contribution < -0.4 is 30.5 Å². The molecule has 3 fully saturated rings. The Labute approximate surface area is 236 Å². The van der Waals surface area contributed by atoms with Crippen molar-refractivity contribution in [2.75, 3.05) is 38.1 Å². The molecule has 3 aromatic carbocycles. The molecule has 40 heavy (non-hydrogen) atoms. The second-order valence-electron chi connectivity index (χ2n) is 11.1. The zero-order chi connectivity index (χ0) is 27.3. The van der Waals surface area contributed by atoms with Crippen LogP contribution in [0, 0.1) is 5.92 Å². The number of anilines is 1. The van der Waals surface area contributed by atoms with Crippen molar-refractivity contribution in [2.24, 2.45) is 5.92 Å². The van der Waals surface area contributed by atoms with Gasteiger partial charge in [0.1, 0.15) is 24.2 Å². The first-order valence-electron chi connectivity index (χ1n) is 14.4. The molecule has 0 aromatic heterocycles. The van der Waals surface area contributed by atoms with E-state index in [1.165, 1.54) is 5.69 Å². The Hall–Kier alpha value is -3.59. The number of fused-ring (bicyclic) bond motifs is 1. The number of piperazine rings is 1. The lowest BCUT2D eigenvalue weighted by Gasteiger charge is -2.34. The van der Waals surface area contributed by atoms with E-state index < -0.39 is 0 Å². The molecule has 8 nitrogen and oxygen atoms in total. The second kappa shape index (κ2) is 12.3. The molecule has 2 saturated heterocycles. The molecule has 2 aliphatic heterocycles. The SMILES string of the molecule is CN1CCN(c2ccc(C(=O)NC3NNC4CC(Oc5ccc(OCc6ccccc6)cc5)CCC43)cc2)CC1. The molecular weight excluding hydrogens is 502 g/mol. The molecule has 6 rings (SSSR count). The number of benzene rings is 3. The maximum absolute atomic E-state index is 13.0. The Morgan fingerprint density at radius 1 is 0.875 bits per heavy atom. The van der Waals surface area contributed by atoms with Crippen LogP contribution in [0.4, 0.5) is 5.69 Å². The fourth-order valence-electron chi connectivity index (χ4n) is 5.93. The van der Waals surface area contributed by atoms with E-state index in [9.17, 15) is 4.79 Å². The van der Waals surface area contributed by atoms with Gasteiger partial charge >= 0.3 is 0 Å². The zero-order valence-corrected chi connectivity index (χ0v) is 23.1. The average Bonchev–Trinajstić information content (AvgIpc) is 3.39. The van der Waals surface area contributed by atoms with Crippen LogP contribution in [0.1, 0.15) is 35.2 Å². The highest BCUT2D eigenvalue weighted by Gasteiger charge is 2.41. The van der Waals surface area contributed by atoms with Gasteiger partial charge in [-0.05, 0) is 74.0 Å². The highest BCUT2D eigenvalue weighted by Crippen LogP contribution is 2.32. The van der Waals surface area contributed by atoms with Crippen LogP contribution in [0.25, 0.3) is 0 Å². The minimum absolute atomic E-state index is 0.0437. The Balaban J connectivity index is 0.964. The van der Waals surface area contributed by atoms with Gasteiger partial charge in [0.05, 0.1) is 6.17 Å². The lowest BCUT2D eigenvalue weighted by Crippen LogP contribution is -2.47. The molecule has 210 valence electrons. The second-order valence-corrected chi connectivity index (χ2v) is 11.1. The maximum Gasteiger partial charge on any atom is 0.252 e. The summed E-state index contributed by atoms with van der Waals surface area (Å²) in [4.78, 5) is 17.8. The molecule has 4 atom stereocenters. The number of ether oxygens (including phenoxy) is 2. The van der Waals surface area contributed by atoms with E-state index in [1.807, 2.05) is 54.6 Å². The summed E-state index contributed by atoms with van der Waals surface area (Å²) >= 11 is 0. The normalized spacial score (nSPS) is 24.8. The molecule has 1 aliphatic carbocycles. The molecule has 0 radical (unpaired) electrons. The van der Waals surface area contributed by atoms with Crippen LogP contribution in [0.3, 0.4) is 0 Å². The summed E-state index contributed by atoms with van der Waals surface area (Å²) in [5.41, 5.74) is 9.74. The number of amides is 1. The van der Waals surface area contributed by atoms with Crippen molar-refractivity contribution in [3.8, 4) is 11.5 Å². The monoisotopic (exact) mass is 541 g/mol. The van der Waals surface area contributed by atoms with Gasteiger partial charge in [0.25, 0.3) is 5.91 Å². The predicted octanol–water partition coefficient (Wildman–Crippen LogP) is 3.80. The van der Waals surface area contributed by atoms with Gasteiger partial charge in [0, 0.05) is 55.8 Å². The van der Waals surface area contributed by atoms with Crippen LogP contribution in [0.5, 0.6) is 11.5 Å². The Bertz CT molecular complexity index is 1250. The maximum atomic E-state index is 13.0. The van der Waals surface area contributed by atoms with E-state index in [-0.39, 0.29) is 24.2 Å². The van der Waals surface area contributed by atoms with E-state index in [0.717, 1.165) is 62.5 Å². The van der Waals surface area contributed by atoms with Gasteiger partial charge in [-0.3, -0.25) is 10.2 Å². The van der Waals surface area contributed by atoms with Gasteiger partial charge in [0.2, 0.25) is 0 Å². The molecule has 8 heteroatoms. The summed E-state index contributed by atoms with van der Waals surface area (Å²) < 4.78 is 12.2. The van der Waals surface area contributed by atoms with Crippen molar-refractivity contribution in [1.29, 1.82) is 0 Å². The minimum Gasteiger partial charge on any atom is -0.490 e. The number of carbonyl (C=O) groups excluding carboxylic acids is 1. The predicted molar refractivity (Wildman–Crippen MR) is 156 cm³/mol. The topological polar surface area (TPSA) is 78.1 Å². The highest BCUT2D eigenvalue weighted by atomic mass is 16.5. The first-order chi connectivity index (χ1) is 19.6. The smallest absolute Gasteiger partial charge is 0.252 e. The standard InChI is InChI=1S/C32H39N5O3/c1-36-17-19-37(20-18-36)25-9-7-24(8-10-25)32(38)33-31-29-16-15-28(21-30(29)34-35-31)40-27-13-11-26(12-14-27)39-22-23-5-3-2-4-6-23/h2-14,28-31,34-35H,15-22H2,1H3,(H,33,38). The van der Waals surface area contributed by atoms with Crippen molar-refractivity contribution in [1.82, 2.24) is 21.1 Å². The Morgan fingerprint density at radius 3 is 2.35 bits per heavy atom. The van der Waals surface area contributed by atoms with E-state index in [0.29, 0.717) is 18.1 Å². The number of hydrogen-bond donors (Lipinski definition) is 3. The van der Waals surface area contributed by atoms with Gasteiger partial charge in [0.15, 0.2) is 0 Å². The zero-order valence-electron chi connectivity index (χ0n) is 23.1. The minimum atomic E-state index is -0.100. The number of hydrazine groups is 1. The summed E-state index contributed by atoms with van der Waals surface area (Å²) in [6.07, 6.45) is 2.83. The van der Waals surface area contributed by atoms with E-state index in [2.05, 4.69) is 57.3 Å². The van der Waals surface area contributed by atoms with Crippen molar-refractivity contribution in [2.45, 2.75) is 44.2 Å². The fourth-order valence-corrected chi connectivity index (χ4v) is 5.93. The highest BCUT2D eigenvalue weighted by molar-refractivity contribution is 5.94. The van der Waals surface area contributed by atoms with Crippen molar-refractivity contribution in [3.05, 3.63) is 90.0 Å². The number of nitrogens with zero attached hydrogens (tertiary/aromatic N) is 2. The third-order valence-electron chi connectivity index (χ3n) is 8.37. The van der Waals surface area contributed by atoms with Crippen LogP contribution >= 0.6 is 0 Å². The third kappa shape index (κ3) is 6.41. The van der Waals surface area contributed by atoms with E-state index in [1.54, 1.807) is 0 Å². The van der Waals surface area contributed by atoms with Gasteiger partial charge in [-0.25, -0.2) is 5.43 Å². The van der Waals surface area contributed by atoms with Crippen LogP contribution in [-0.2, 0) is 6.61 Å². The average molecular weight is 542 g/mol. The first kappa shape index (κ1) is 26.6. The third-order valence-corrected chi connectivity index (χ3v) is 8.37. The van der Waals surface area contributed by atoms with Gasteiger partial charge < -0.3 is 24.6 Å². The molecule has 4 unspecified atom stereocenters. The van der Waals surface area contributed by atoms with Gasteiger partial charge in [-0.2, -0.15) is 0 Å².